The van der Waals surface area contributed by atoms with Crippen LogP contribution in [0.3, 0.4) is 0 Å². The fraction of sp³-hybridized carbons (Fsp3) is 0.615. The van der Waals surface area contributed by atoms with Gasteiger partial charge in [0.05, 0.1) is 5.56 Å². The molecule has 19 heavy (non-hydrogen) atoms. The third-order valence-electron chi connectivity index (χ3n) is 3.42. The zero-order valence-electron chi connectivity index (χ0n) is 10.5. The lowest BCUT2D eigenvalue weighted by Gasteiger charge is -2.38. The Morgan fingerprint density at radius 1 is 1.32 bits per heavy atom. The number of halogens is 4. The van der Waals surface area contributed by atoms with E-state index in [1.54, 1.807) is 0 Å². The Labute approximate surface area is 115 Å². The molecule has 0 amide bonds. The third-order valence-corrected chi connectivity index (χ3v) is 3.68. The lowest BCUT2D eigenvalue weighted by atomic mass is 9.91. The minimum absolute atomic E-state index is 0.396. The Morgan fingerprint density at radius 3 is 2.47 bits per heavy atom. The molecule has 2 nitrogen and oxygen atoms in total. The van der Waals surface area contributed by atoms with Gasteiger partial charge in [-0.25, -0.2) is 4.98 Å². The summed E-state index contributed by atoms with van der Waals surface area (Å²) in [6.45, 7) is 0.743. The van der Waals surface area contributed by atoms with Crippen LogP contribution in [0.4, 0.5) is 19.0 Å². The molecule has 1 aliphatic rings. The molecule has 0 aliphatic heterocycles. The van der Waals surface area contributed by atoms with Crippen molar-refractivity contribution in [1.82, 2.24) is 4.98 Å². The van der Waals surface area contributed by atoms with E-state index in [1.165, 1.54) is 12.5 Å². The molecular formula is C13H16ClF3N2. The number of hydrogen-bond donors (Lipinski definition) is 0. The lowest BCUT2D eigenvalue weighted by molar-refractivity contribution is -0.137. The lowest BCUT2D eigenvalue weighted by Crippen LogP contribution is -2.41. The second-order valence-electron chi connectivity index (χ2n) is 4.72. The quantitative estimate of drug-likeness (QED) is 0.760. The fourth-order valence-corrected chi connectivity index (χ4v) is 2.26. The molecule has 0 N–H and O–H groups in total. The van der Waals surface area contributed by atoms with Crippen molar-refractivity contribution < 1.29 is 13.2 Å². The van der Waals surface area contributed by atoms with Gasteiger partial charge in [-0.15, -0.1) is 11.6 Å². The number of anilines is 1. The van der Waals surface area contributed by atoms with Gasteiger partial charge in [0.1, 0.15) is 5.82 Å². The maximum atomic E-state index is 12.5. The van der Waals surface area contributed by atoms with Gasteiger partial charge in [0, 0.05) is 24.7 Å². The summed E-state index contributed by atoms with van der Waals surface area (Å²) < 4.78 is 37.5. The van der Waals surface area contributed by atoms with Crippen LogP contribution in [-0.2, 0) is 6.18 Å². The van der Waals surface area contributed by atoms with Crippen molar-refractivity contribution in [3.05, 3.63) is 23.9 Å². The maximum Gasteiger partial charge on any atom is 0.417 e. The molecule has 1 aliphatic carbocycles. The van der Waals surface area contributed by atoms with Crippen LogP contribution in [-0.4, -0.2) is 23.5 Å². The molecule has 1 aromatic rings. The summed E-state index contributed by atoms with van der Waals surface area (Å²) in [4.78, 5) is 6.04. The summed E-state index contributed by atoms with van der Waals surface area (Å²) in [5.41, 5.74) is -0.706. The Hall–Kier alpha value is -0.970. The highest BCUT2D eigenvalue weighted by atomic mass is 35.5. The van der Waals surface area contributed by atoms with Gasteiger partial charge in [0.25, 0.3) is 0 Å². The Bertz CT molecular complexity index is 401. The molecule has 0 spiro atoms. The summed E-state index contributed by atoms with van der Waals surface area (Å²) in [5.74, 6) is 1.16. The van der Waals surface area contributed by atoms with Crippen LogP contribution in [0, 0.1) is 0 Å². The second kappa shape index (κ2) is 5.99. The topological polar surface area (TPSA) is 16.1 Å². The molecule has 0 atom stereocenters. The Balaban J connectivity index is 2.12. The zero-order valence-corrected chi connectivity index (χ0v) is 11.2. The molecule has 1 heterocycles. The van der Waals surface area contributed by atoms with Gasteiger partial charge in [-0.05, 0) is 37.8 Å². The normalized spacial score (nSPS) is 16.2. The summed E-state index contributed by atoms with van der Waals surface area (Å²) in [7, 11) is 0. The number of rotatable bonds is 5. The van der Waals surface area contributed by atoms with Gasteiger partial charge in [-0.3, -0.25) is 0 Å². The highest BCUT2D eigenvalue weighted by molar-refractivity contribution is 6.17. The minimum Gasteiger partial charge on any atom is -0.354 e. The molecule has 1 fully saturated rings. The molecular weight excluding hydrogens is 277 g/mol. The van der Waals surface area contributed by atoms with Crippen LogP contribution in [0.25, 0.3) is 0 Å². The molecule has 0 saturated heterocycles. The Kier molecular flexibility index (Phi) is 4.55. The number of pyridine rings is 1. The van der Waals surface area contributed by atoms with Crippen LogP contribution >= 0.6 is 11.6 Å². The first kappa shape index (κ1) is 14.4. The van der Waals surface area contributed by atoms with E-state index >= 15 is 0 Å². The summed E-state index contributed by atoms with van der Waals surface area (Å²) in [5, 5.41) is 0. The highest BCUT2D eigenvalue weighted by Gasteiger charge is 2.31. The molecule has 106 valence electrons. The van der Waals surface area contributed by atoms with E-state index < -0.39 is 11.7 Å². The van der Waals surface area contributed by atoms with Crippen LogP contribution < -0.4 is 4.90 Å². The summed E-state index contributed by atoms with van der Waals surface area (Å²) >= 11 is 5.69. The first-order valence-corrected chi connectivity index (χ1v) is 6.91. The summed E-state index contributed by atoms with van der Waals surface area (Å²) in [6.07, 6.45) is 0.698. The molecule has 0 aromatic carbocycles. The van der Waals surface area contributed by atoms with E-state index in [4.69, 9.17) is 11.6 Å². The van der Waals surface area contributed by atoms with Gasteiger partial charge < -0.3 is 4.90 Å². The number of aromatic nitrogens is 1. The van der Waals surface area contributed by atoms with Crippen molar-refractivity contribution in [2.24, 2.45) is 0 Å². The SMILES string of the molecule is FC(F)(F)c1ccc(N(CCCCl)C2CCC2)nc1. The van der Waals surface area contributed by atoms with Crippen molar-refractivity contribution in [2.45, 2.75) is 37.9 Å². The average Bonchev–Trinajstić information content (AvgIpc) is 2.31. The maximum absolute atomic E-state index is 12.5. The van der Waals surface area contributed by atoms with Gasteiger partial charge in [0.15, 0.2) is 0 Å². The molecule has 6 heteroatoms. The van der Waals surface area contributed by atoms with Crippen molar-refractivity contribution in [1.29, 1.82) is 0 Å². The van der Waals surface area contributed by atoms with Crippen molar-refractivity contribution in [2.75, 3.05) is 17.3 Å². The monoisotopic (exact) mass is 292 g/mol. The van der Waals surface area contributed by atoms with E-state index in [1.807, 2.05) is 0 Å². The molecule has 0 radical (unpaired) electrons. The van der Waals surface area contributed by atoms with Crippen molar-refractivity contribution >= 4 is 17.4 Å². The van der Waals surface area contributed by atoms with Gasteiger partial charge in [0.2, 0.25) is 0 Å². The molecule has 1 aromatic heterocycles. The van der Waals surface area contributed by atoms with E-state index in [0.29, 0.717) is 17.7 Å². The number of alkyl halides is 4. The molecule has 0 bridgehead atoms. The van der Waals surface area contributed by atoms with Crippen molar-refractivity contribution in [3.8, 4) is 0 Å². The smallest absolute Gasteiger partial charge is 0.354 e. The zero-order chi connectivity index (χ0) is 13.9. The van der Waals surface area contributed by atoms with Crippen LogP contribution in [0.2, 0.25) is 0 Å². The number of nitrogens with zero attached hydrogens (tertiary/aromatic N) is 2. The summed E-state index contributed by atoms with van der Waals surface area (Å²) in [6, 6.07) is 2.94. The van der Waals surface area contributed by atoms with E-state index in [0.717, 1.165) is 38.1 Å². The minimum atomic E-state index is -4.33. The fourth-order valence-electron chi connectivity index (χ4n) is 2.14. The van der Waals surface area contributed by atoms with E-state index in [9.17, 15) is 13.2 Å². The van der Waals surface area contributed by atoms with Crippen LogP contribution in [0.15, 0.2) is 18.3 Å². The largest absolute Gasteiger partial charge is 0.417 e. The predicted molar refractivity (Wildman–Crippen MR) is 69.6 cm³/mol. The van der Waals surface area contributed by atoms with Gasteiger partial charge in [-0.2, -0.15) is 13.2 Å². The predicted octanol–water partition coefficient (Wildman–Crippen LogP) is 4.09. The van der Waals surface area contributed by atoms with E-state index in [-0.39, 0.29) is 0 Å². The van der Waals surface area contributed by atoms with E-state index in [2.05, 4.69) is 9.88 Å². The van der Waals surface area contributed by atoms with Gasteiger partial charge in [-0.1, -0.05) is 0 Å². The average molecular weight is 293 g/mol. The standard InChI is InChI=1S/C13H16ClF3N2/c14-7-2-8-19(11-3-1-4-11)12-6-5-10(9-18-12)13(15,16)17/h5-6,9,11H,1-4,7-8H2. The van der Waals surface area contributed by atoms with Crippen LogP contribution in [0.1, 0.15) is 31.2 Å². The first-order chi connectivity index (χ1) is 9.02. The van der Waals surface area contributed by atoms with Gasteiger partial charge >= 0.3 is 6.18 Å². The van der Waals surface area contributed by atoms with Crippen LogP contribution in [0.5, 0.6) is 0 Å². The Morgan fingerprint density at radius 2 is 2.05 bits per heavy atom. The number of hydrogen-bond acceptors (Lipinski definition) is 2. The first-order valence-electron chi connectivity index (χ1n) is 6.38. The highest BCUT2D eigenvalue weighted by Crippen LogP contribution is 2.32. The second-order valence-corrected chi connectivity index (χ2v) is 5.10. The van der Waals surface area contributed by atoms with Crippen molar-refractivity contribution in [3.63, 3.8) is 0 Å². The molecule has 2 rings (SSSR count). The molecule has 1 saturated carbocycles. The third kappa shape index (κ3) is 3.53. The molecule has 0 unspecified atom stereocenters.